The highest BCUT2D eigenvalue weighted by molar-refractivity contribution is 7.85. The monoisotopic (exact) mass is 295 g/mol. The van der Waals surface area contributed by atoms with Gasteiger partial charge in [0.05, 0.1) is 10.8 Å². The number of hydrogen-bond acceptors (Lipinski definition) is 2. The van der Waals surface area contributed by atoms with E-state index in [9.17, 15) is 4.21 Å². The Balaban J connectivity index is 2.30. The van der Waals surface area contributed by atoms with Gasteiger partial charge in [-0.3, -0.25) is 4.21 Å². The summed E-state index contributed by atoms with van der Waals surface area (Å²) >= 11 is 0. The second-order valence-corrected chi connectivity index (χ2v) is 7.21. The molecule has 1 aromatic rings. The second-order valence-electron chi connectivity index (χ2n) is 5.67. The van der Waals surface area contributed by atoms with Crippen LogP contribution in [0.1, 0.15) is 50.7 Å². The molecule has 1 rings (SSSR count). The van der Waals surface area contributed by atoms with Crippen molar-refractivity contribution >= 4 is 10.8 Å². The van der Waals surface area contributed by atoms with Gasteiger partial charge in [-0.25, -0.2) is 0 Å². The molecule has 0 aliphatic rings. The Labute approximate surface area is 126 Å². The smallest absolute Gasteiger partial charge is 0.0532 e. The molecule has 0 fully saturated rings. The molecule has 1 N–H and O–H groups in total. The van der Waals surface area contributed by atoms with Gasteiger partial charge >= 0.3 is 0 Å². The molecule has 0 aliphatic heterocycles. The van der Waals surface area contributed by atoms with Gasteiger partial charge in [0.1, 0.15) is 0 Å². The summed E-state index contributed by atoms with van der Waals surface area (Å²) in [4.78, 5) is 1.01. The van der Waals surface area contributed by atoms with Crippen LogP contribution in [0, 0.1) is 13.8 Å². The van der Waals surface area contributed by atoms with Gasteiger partial charge in [-0.1, -0.05) is 31.0 Å². The minimum atomic E-state index is -0.844. The summed E-state index contributed by atoms with van der Waals surface area (Å²) in [7, 11) is -0.844. The van der Waals surface area contributed by atoms with Crippen LogP contribution in [0.4, 0.5) is 0 Å². The van der Waals surface area contributed by atoms with E-state index in [1.54, 1.807) is 0 Å². The Kier molecular flexibility index (Phi) is 8.08. The van der Waals surface area contributed by atoms with Crippen molar-refractivity contribution in [3.05, 3.63) is 29.3 Å². The standard InChI is InChI=1S/C17H29NOS/c1-5-11-18-16(4)8-6-7-12-20(19)17-10-9-14(2)13-15(17)3/h9-10,13,16,18H,5-8,11-12H2,1-4H3. The van der Waals surface area contributed by atoms with Crippen molar-refractivity contribution in [3.8, 4) is 0 Å². The van der Waals surface area contributed by atoms with E-state index in [2.05, 4.69) is 45.1 Å². The molecule has 114 valence electrons. The molecule has 20 heavy (non-hydrogen) atoms. The van der Waals surface area contributed by atoms with Gasteiger partial charge in [-0.15, -0.1) is 0 Å². The second kappa shape index (κ2) is 9.30. The van der Waals surface area contributed by atoms with Crippen molar-refractivity contribution in [1.29, 1.82) is 0 Å². The van der Waals surface area contributed by atoms with Gasteiger partial charge in [0.15, 0.2) is 0 Å². The van der Waals surface area contributed by atoms with E-state index < -0.39 is 10.8 Å². The molecule has 0 spiro atoms. The topological polar surface area (TPSA) is 29.1 Å². The summed E-state index contributed by atoms with van der Waals surface area (Å²) in [5.74, 6) is 0.782. The first-order chi connectivity index (χ1) is 9.54. The van der Waals surface area contributed by atoms with Gasteiger partial charge in [0, 0.05) is 16.7 Å². The highest BCUT2D eigenvalue weighted by Crippen LogP contribution is 2.16. The fourth-order valence-corrected chi connectivity index (χ4v) is 3.67. The zero-order valence-electron chi connectivity index (χ0n) is 13.4. The van der Waals surface area contributed by atoms with Gasteiger partial charge in [0.2, 0.25) is 0 Å². The Bertz CT molecular complexity index is 431. The Morgan fingerprint density at radius 3 is 2.65 bits per heavy atom. The zero-order chi connectivity index (χ0) is 15.0. The lowest BCUT2D eigenvalue weighted by atomic mass is 10.1. The first kappa shape index (κ1) is 17.4. The molecule has 2 unspecified atom stereocenters. The fraction of sp³-hybridized carbons (Fsp3) is 0.647. The third-order valence-corrected chi connectivity index (χ3v) is 5.14. The largest absolute Gasteiger partial charge is 0.314 e. The van der Waals surface area contributed by atoms with E-state index in [0.717, 1.165) is 35.6 Å². The molecule has 0 bridgehead atoms. The maximum Gasteiger partial charge on any atom is 0.0532 e. The lowest BCUT2D eigenvalue weighted by Crippen LogP contribution is -2.26. The van der Waals surface area contributed by atoms with E-state index in [1.165, 1.54) is 18.4 Å². The normalized spacial score (nSPS) is 14.2. The third-order valence-electron chi connectivity index (χ3n) is 3.54. The fourth-order valence-electron chi connectivity index (χ4n) is 2.34. The molecule has 3 heteroatoms. The average molecular weight is 295 g/mol. The number of nitrogens with one attached hydrogen (secondary N) is 1. The third kappa shape index (κ3) is 6.19. The van der Waals surface area contributed by atoms with Crippen molar-refractivity contribution in [2.45, 2.75) is 64.3 Å². The first-order valence-corrected chi connectivity index (χ1v) is 9.05. The lowest BCUT2D eigenvalue weighted by molar-refractivity contribution is 0.495. The molecular formula is C17H29NOS. The number of hydrogen-bond donors (Lipinski definition) is 1. The van der Waals surface area contributed by atoms with Crippen LogP contribution >= 0.6 is 0 Å². The maximum absolute atomic E-state index is 12.3. The van der Waals surface area contributed by atoms with Crippen LogP contribution in [0.25, 0.3) is 0 Å². The quantitative estimate of drug-likeness (QED) is 0.698. The van der Waals surface area contributed by atoms with Crippen LogP contribution in [0.5, 0.6) is 0 Å². The van der Waals surface area contributed by atoms with Crippen molar-refractivity contribution in [2.75, 3.05) is 12.3 Å². The van der Waals surface area contributed by atoms with E-state index in [0.29, 0.717) is 6.04 Å². The van der Waals surface area contributed by atoms with E-state index in [1.807, 2.05) is 6.07 Å². The lowest BCUT2D eigenvalue weighted by Gasteiger charge is -2.12. The summed E-state index contributed by atoms with van der Waals surface area (Å²) in [6, 6.07) is 6.76. The summed E-state index contributed by atoms with van der Waals surface area (Å²) in [5.41, 5.74) is 2.39. The molecule has 0 saturated carbocycles. The summed E-state index contributed by atoms with van der Waals surface area (Å²) in [5, 5.41) is 3.49. The number of benzene rings is 1. The molecule has 0 aliphatic carbocycles. The SMILES string of the molecule is CCCNC(C)CCCCS(=O)c1ccc(C)cc1C. The molecule has 0 heterocycles. The molecule has 0 radical (unpaired) electrons. The molecule has 0 aromatic heterocycles. The highest BCUT2D eigenvalue weighted by Gasteiger charge is 2.07. The molecule has 1 aromatic carbocycles. The van der Waals surface area contributed by atoms with Crippen LogP contribution < -0.4 is 5.32 Å². The van der Waals surface area contributed by atoms with E-state index >= 15 is 0 Å². The first-order valence-electron chi connectivity index (χ1n) is 7.73. The average Bonchev–Trinajstić information content (AvgIpc) is 2.41. The number of rotatable bonds is 9. The van der Waals surface area contributed by atoms with Crippen LogP contribution in [0.15, 0.2) is 23.1 Å². The summed E-state index contributed by atoms with van der Waals surface area (Å²) in [6.45, 7) is 9.64. The minimum Gasteiger partial charge on any atom is -0.314 e. The van der Waals surface area contributed by atoms with Crippen molar-refractivity contribution < 1.29 is 4.21 Å². The summed E-state index contributed by atoms with van der Waals surface area (Å²) < 4.78 is 12.3. The Morgan fingerprint density at radius 1 is 1.25 bits per heavy atom. The minimum absolute atomic E-state index is 0.574. The maximum atomic E-state index is 12.3. The van der Waals surface area contributed by atoms with Crippen molar-refractivity contribution in [2.24, 2.45) is 0 Å². The number of aryl methyl sites for hydroxylation is 2. The van der Waals surface area contributed by atoms with Crippen LogP contribution in [0.2, 0.25) is 0 Å². The van der Waals surface area contributed by atoms with Crippen LogP contribution in [-0.4, -0.2) is 22.5 Å². The predicted molar refractivity (Wildman–Crippen MR) is 88.8 cm³/mol. The molecule has 0 saturated heterocycles. The van der Waals surface area contributed by atoms with E-state index in [4.69, 9.17) is 0 Å². The zero-order valence-corrected chi connectivity index (χ0v) is 14.2. The predicted octanol–water partition coefficient (Wildman–Crippen LogP) is 3.97. The van der Waals surface area contributed by atoms with Gasteiger partial charge in [-0.05, 0) is 58.2 Å². The Hall–Kier alpha value is -0.670. The Morgan fingerprint density at radius 2 is 2.00 bits per heavy atom. The summed E-state index contributed by atoms with van der Waals surface area (Å²) in [6.07, 6.45) is 4.54. The molecule has 0 amide bonds. The van der Waals surface area contributed by atoms with Crippen molar-refractivity contribution in [1.82, 2.24) is 5.32 Å². The van der Waals surface area contributed by atoms with Crippen LogP contribution in [-0.2, 0) is 10.8 Å². The molecule has 2 atom stereocenters. The van der Waals surface area contributed by atoms with Gasteiger partial charge < -0.3 is 5.32 Å². The van der Waals surface area contributed by atoms with E-state index in [-0.39, 0.29) is 0 Å². The van der Waals surface area contributed by atoms with Crippen molar-refractivity contribution in [3.63, 3.8) is 0 Å². The molecular weight excluding hydrogens is 266 g/mol. The van der Waals surface area contributed by atoms with Gasteiger partial charge in [0.25, 0.3) is 0 Å². The number of unbranched alkanes of at least 4 members (excludes halogenated alkanes) is 1. The van der Waals surface area contributed by atoms with Crippen LogP contribution in [0.3, 0.4) is 0 Å². The molecule has 2 nitrogen and oxygen atoms in total. The highest BCUT2D eigenvalue weighted by atomic mass is 32.2. The van der Waals surface area contributed by atoms with Gasteiger partial charge in [-0.2, -0.15) is 0 Å².